The molecule has 0 bridgehead atoms. The molecule has 2 atom stereocenters. The minimum Gasteiger partial charge on any atom is -0.359 e. The van der Waals surface area contributed by atoms with Crippen molar-refractivity contribution in [2.75, 3.05) is 5.32 Å². The Morgan fingerprint density at radius 2 is 2.14 bits per heavy atom. The number of nitrogens with one attached hydrogen (secondary N) is 1. The van der Waals surface area contributed by atoms with Crippen LogP contribution in [0.5, 0.6) is 0 Å². The lowest BCUT2D eigenvalue weighted by atomic mass is 9.92. The highest BCUT2D eigenvalue weighted by Gasteiger charge is 2.45. The van der Waals surface area contributed by atoms with Crippen molar-refractivity contribution in [3.63, 3.8) is 0 Å². The predicted molar refractivity (Wildman–Crippen MR) is 56.4 cm³/mol. The van der Waals surface area contributed by atoms with E-state index in [0.717, 1.165) is 6.42 Å². The second-order valence-corrected chi connectivity index (χ2v) is 4.84. The zero-order valence-electron chi connectivity index (χ0n) is 8.58. The highest BCUT2D eigenvalue weighted by molar-refractivity contribution is 5.59. The van der Waals surface area contributed by atoms with Crippen LogP contribution in [0, 0.1) is 0 Å². The third kappa shape index (κ3) is 1.07. The monoisotopic (exact) mass is 189 g/mol. The number of rotatable bonds is 0. The van der Waals surface area contributed by atoms with Crippen molar-refractivity contribution < 1.29 is 4.74 Å². The highest BCUT2D eigenvalue weighted by Crippen LogP contribution is 2.47. The van der Waals surface area contributed by atoms with E-state index in [1.165, 1.54) is 11.3 Å². The molecule has 2 heterocycles. The molecule has 1 fully saturated rings. The molecular weight excluding hydrogens is 174 g/mol. The molecule has 2 heteroatoms. The second-order valence-electron chi connectivity index (χ2n) is 4.84. The molecule has 0 aromatic heterocycles. The maximum atomic E-state index is 5.94. The van der Waals surface area contributed by atoms with Gasteiger partial charge in [-0.2, -0.15) is 0 Å². The minimum atomic E-state index is 0.0237. The molecule has 1 N–H and O–H groups in total. The van der Waals surface area contributed by atoms with Crippen molar-refractivity contribution in [2.24, 2.45) is 0 Å². The molecule has 2 aliphatic heterocycles. The molecule has 1 aromatic carbocycles. The topological polar surface area (TPSA) is 21.3 Å². The van der Waals surface area contributed by atoms with Crippen LogP contribution in [0.15, 0.2) is 24.3 Å². The van der Waals surface area contributed by atoms with Crippen LogP contribution in [0.25, 0.3) is 0 Å². The maximum absolute atomic E-state index is 5.94. The van der Waals surface area contributed by atoms with Crippen LogP contribution in [-0.4, -0.2) is 11.8 Å². The molecule has 2 nitrogen and oxygen atoms in total. The fraction of sp³-hybridized carbons (Fsp3) is 0.500. The molecular formula is C12H15NO. The highest BCUT2D eigenvalue weighted by atomic mass is 16.5. The second kappa shape index (κ2) is 2.51. The Morgan fingerprint density at radius 1 is 1.36 bits per heavy atom. The standard InChI is InChI=1S/C12H15NO/c1-12(2)7-9-8-5-3-4-6-10(8)13-11(9)14-12/h3-6,9,11,13H,7H2,1-2H3. The number of para-hydroxylation sites is 1. The van der Waals surface area contributed by atoms with Crippen LogP contribution in [0.3, 0.4) is 0 Å². The van der Waals surface area contributed by atoms with E-state index >= 15 is 0 Å². The predicted octanol–water partition coefficient (Wildman–Crippen LogP) is 2.72. The van der Waals surface area contributed by atoms with E-state index in [9.17, 15) is 0 Å². The van der Waals surface area contributed by atoms with Crippen LogP contribution in [0.4, 0.5) is 5.69 Å². The molecule has 74 valence electrons. The van der Waals surface area contributed by atoms with E-state index < -0.39 is 0 Å². The largest absolute Gasteiger partial charge is 0.359 e. The average Bonchev–Trinajstić information content (AvgIpc) is 2.56. The molecule has 0 aliphatic carbocycles. The van der Waals surface area contributed by atoms with E-state index in [2.05, 4.69) is 43.4 Å². The van der Waals surface area contributed by atoms with Gasteiger partial charge in [0.05, 0.1) is 5.60 Å². The number of anilines is 1. The Bertz CT molecular complexity index is 372. The molecule has 14 heavy (non-hydrogen) atoms. The van der Waals surface area contributed by atoms with Crippen LogP contribution in [0.2, 0.25) is 0 Å². The van der Waals surface area contributed by atoms with Gasteiger partial charge in [-0.15, -0.1) is 0 Å². The molecule has 0 amide bonds. The third-order valence-electron chi connectivity index (χ3n) is 3.18. The van der Waals surface area contributed by atoms with Crippen molar-refractivity contribution in [1.29, 1.82) is 0 Å². The van der Waals surface area contributed by atoms with E-state index in [-0.39, 0.29) is 11.8 Å². The first-order valence-corrected chi connectivity index (χ1v) is 5.19. The van der Waals surface area contributed by atoms with Crippen LogP contribution in [0.1, 0.15) is 31.7 Å². The fourth-order valence-corrected chi connectivity index (χ4v) is 2.62. The van der Waals surface area contributed by atoms with Crippen LogP contribution in [-0.2, 0) is 4.74 Å². The van der Waals surface area contributed by atoms with Gasteiger partial charge in [0.1, 0.15) is 6.23 Å². The van der Waals surface area contributed by atoms with Crippen molar-refractivity contribution >= 4 is 5.69 Å². The Hall–Kier alpha value is -1.02. The third-order valence-corrected chi connectivity index (χ3v) is 3.18. The summed E-state index contributed by atoms with van der Waals surface area (Å²) in [5.74, 6) is 0.543. The zero-order valence-corrected chi connectivity index (χ0v) is 8.58. The van der Waals surface area contributed by atoms with Crippen LogP contribution >= 0.6 is 0 Å². The lowest BCUT2D eigenvalue weighted by Crippen LogP contribution is -2.23. The summed E-state index contributed by atoms with van der Waals surface area (Å²) in [5, 5.41) is 3.43. The summed E-state index contributed by atoms with van der Waals surface area (Å²) in [5.41, 5.74) is 2.69. The Labute approximate surface area is 84.3 Å². The summed E-state index contributed by atoms with van der Waals surface area (Å²) in [7, 11) is 0. The molecule has 0 radical (unpaired) electrons. The van der Waals surface area contributed by atoms with E-state index in [1.54, 1.807) is 0 Å². The molecule has 2 unspecified atom stereocenters. The Kier molecular flexibility index (Phi) is 1.49. The Morgan fingerprint density at radius 3 is 3.00 bits per heavy atom. The number of hydrogen-bond donors (Lipinski definition) is 1. The van der Waals surface area contributed by atoms with Crippen molar-refractivity contribution in [2.45, 2.75) is 38.0 Å². The summed E-state index contributed by atoms with van der Waals surface area (Å²) in [6.45, 7) is 4.32. The summed E-state index contributed by atoms with van der Waals surface area (Å²) >= 11 is 0. The summed E-state index contributed by atoms with van der Waals surface area (Å²) in [6, 6.07) is 8.51. The number of benzene rings is 1. The lowest BCUT2D eigenvalue weighted by Gasteiger charge is -2.19. The average molecular weight is 189 g/mol. The fourth-order valence-electron chi connectivity index (χ4n) is 2.62. The maximum Gasteiger partial charge on any atom is 0.135 e. The van der Waals surface area contributed by atoms with Gasteiger partial charge in [-0.1, -0.05) is 18.2 Å². The van der Waals surface area contributed by atoms with Crippen LogP contribution < -0.4 is 5.32 Å². The minimum absolute atomic E-state index is 0.0237. The Balaban J connectivity index is 2.00. The van der Waals surface area contributed by atoms with Gasteiger partial charge in [0.15, 0.2) is 0 Å². The quantitative estimate of drug-likeness (QED) is 0.677. The van der Waals surface area contributed by atoms with Gasteiger partial charge in [0, 0.05) is 11.6 Å². The van der Waals surface area contributed by atoms with E-state index in [1.807, 2.05) is 0 Å². The zero-order chi connectivity index (χ0) is 9.76. The van der Waals surface area contributed by atoms with E-state index in [0.29, 0.717) is 5.92 Å². The van der Waals surface area contributed by atoms with Gasteiger partial charge in [-0.05, 0) is 31.9 Å². The SMILES string of the molecule is CC1(C)CC2c3ccccc3NC2O1. The number of fused-ring (bicyclic) bond motifs is 3. The molecule has 2 aliphatic rings. The molecule has 1 saturated heterocycles. The van der Waals surface area contributed by atoms with Crippen molar-refractivity contribution in [3.05, 3.63) is 29.8 Å². The first kappa shape index (κ1) is 8.30. The molecule has 1 aromatic rings. The van der Waals surface area contributed by atoms with Gasteiger partial charge in [0.2, 0.25) is 0 Å². The molecule has 0 saturated carbocycles. The van der Waals surface area contributed by atoms with Gasteiger partial charge in [0.25, 0.3) is 0 Å². The first-order chi connectivity index (χ1) is 6.66. The van der Waals surface area contributed by atoms with Gasteiger partial charge in [-0.25, -0.2) is 0 Å². The first-order valence-electron chi connectivity index (χ1n) is 5.19. The molecule has 0 spiro atoms. The number of ether oxygens (including phenoxy) is 1. The van der Waals surface area contributed by atoms with Gasteiger partial charge >= 0.3 is 0 Å². The smallest absolute Gasteiger partial charge is 0.135 e. The lowest BCUT2D eigenvalue weighted by molar-refractivity contribution is -0.00295. The molecule has 3 rings (SSSR count). The van der Waals surface area contributed by atoms with Gasteiger partial charge in [-0.3, -0.25) is 0 Å². The van der Waals surface area contributed by atoms with E-state index in [4.69, 9.17) is 4.74 Å². The van der Waals surface area contributed by atoms with Crippen molar-refractivity contribution in [1.82, 2.24) is 0 Å². The van der Waals surface area contributed by atoms with Gasteiger partial charge < -0.3 is 10.1 Å². The summed E-state index contributed by atoms with van der Waals surface area (Å²) in [4.78, 5) is 0. The van der Waals surface area contributed by atoms with Crippen molar-refractivity contribution in [3.8, 4) is 0 Å². The summed E-state index contributed by atoms with van der Waals surface area (Å²) in [6.07, 6.45) is 1.31. The number of hydrogen-bond acceptors (Lipinski definition) is 2. The summed E-state index contributed by atoms with van der Waals surface area (Å²) < 4.78 is 5.94. The normalized spacial score (nSPS) is 32.1.